The molecular weight excluding hydrogens is 156 g/mol. The minimum atomic E-state index is -0.349. The number of hydrogen-bond donors (Lipinski definition) is 1. The van der Waals surface area contributed by atoms with E-state index in [1.807, 2.05) is 13.0 Å². The highest BCUT2D eigenvalue weighted by molar-refractivity contribution is 5.80. The van der Waals surface area contributed by atoms with Crippen molar-refractivity contribution >= 4 is 5.91 Å². The number of carbonyl (C=O) groups excluding carboxylic acids is 1. The Labute approximate surface area is 71.5 Å². The van der Waals surface area contributed by atoms with Gasteiger partial charge in [0.1, 0.15) is 6.04 Å². The van der Waals surface area contributed by atoms with Crippen molar-refractivity contribution in [2.45, 2.75) is 19.4 Å². The molecule has 1 rings (SSSR count). The summed E-state index contributed by atoms with van der Waals surface area (Å²) in [6.45, 7) is 2.85. The summed E-state index contributed by atoms with van der Waals surface area (Å²) in [5.74, 6) is -0.0953. The molecule has 4 heteroatoms. The van der Waals surface area contributed by atoms with Gasteiger partial charge in [-0.1, -0.05) is 6.92 Å². The average Bonchev–Trinajstić information content (AvgIpc) is 1.96. The lowest BCUT2D eigenvalue weighted by Gasteiger charge is -2.25. The predicted octanol–water partition coefficient (Wildman–Crippen LogP) is 0.0512. The fraction of sp³-hybridized carbons (Fsp3) is 0.750. The Hall–Kier alpha value is -1.08. The van der Waals surface area contributed by atoms with E-state index in [1.54, 1.807) is 0 Å². The van der Waals surface area contributed by atoms with Crippen molar-refractivity contribution in [3.05, 3.63) is 0 Å². The summed E-state index contributed by atoms with van der Waals surface area (Å²) in [7, 11) is 0. The van der Waals surface area contributed by atoms with E-state index in [4.69, 9.17) is 10.00 Å². The number of hydrogen-bond acceptors (Lipinski definition) is 3. The fourth-order valence-electron chi connectivity index (χ4n) is 0.902. The summed E-state index contributed by atoms with van der Waals surface area (Å²) in [6.07, 6.45) is 0.649. The third kappa shape index (κ3) is 1.95. The van der Waals surface area contributed by atoms with Gasteiger partial charge in [0, 0.05) is 0 Å². The minimum Gasteiger partial charge on any atom is -0.380 e. The zero-order valence-electron chi connectivity index (χ0n) is 7.04. The van der Waals surface area contributed by atoms with Gasteiger partial charge in [0.15, 0.2) is 0 Å². The maximum Gasteiger partial charge on any atom is 0.228 e. The van der Waals surface area contributed by atoms with Crippen molar-refractivity contribution < 1.29 is 9.53 Å². The Morgan fingerprint density at radius 2 is 2.50 bits per heavy atom. The van der Waals surface area contributed by atoms with Crippen LogP contribution in [-0.2, 0) is 9.53 Å². The summed E-state index contributed by atoms with van der Waals surface area (Å²) in [5.41, 5.74) is 0. The molecule has 1 saturated heterocycles. The van der Waals surface area contributed by atoms with E-state index in [1.165, 1.54) is 0 Å². The van der Waals surface area contributed by atoms with Gasteiger partial charge in [0.25, 0.3) is 0 Å². The first-order chi connectivity index (χ1) is 5.77. The topological polar surface area (TPSA) is 62.1 Å². The zero-order valence-corrected chi connectivity index (χ0v) is 7.04. The van der Waals surface area contributed by atoms with Crippen LogP contribution < -0.4 is 5.32 Å². The molecule has 1 unspecified atom stereocenters. The molecule has 0 aromatic heterocycles. The van der Waals surface area contributed by atoms with Gasteiger partial charge in [0.2, 0.25) is 5.91 Å². The summed E-state index contributed by atoms with van der Waals surface area (Å²) in [5, 5.41) is 11.2. The first-order valence-electron chi connectivity index (χ1n) is 4.05. The molecule has 1 heterocycles. The third-order valence-corrected chi connectivity index (χ3v) is 1.89. The van der Waals surface area contributed by atoms with Crippen LogP contribution >= 0.6 is 0 Å². The van der Waals surface area contributed by atoms with Crippen LogP contribution in [0.3, 0.4) is 0 Å². The predicted molar refractivity (Wildman–Crippen MR) is 42.1 cm³/mol. The highest BCUT2D eigenvalue weighted by atomic mass is 16.5. The monoisotopic (exact) mass is 168 g/mol. The highest BCUT2D eigenvalue weighted by Crippen LogP contribution is 2.09. The lowest BCUT2D eigenvalue weighted by molar-refractivity contribution is -0.139. The van der Waals surface area contributed by atoms with E-state index in [9.17, 15) is 4.79 Å². The van der Waals surface area contributed by atoms with Crippen molar-refractivity contribution in [3.63, 3.8) is 0 Å². The lowest BCUT2D eigenvalue weighted by atomic mass is 10.1. The molecule has 0 spiro atoms. The van der Waals surface area contributed by atoms with Gasteiger partial charge in [-0.2, -0.15) is 5.26 Å². The van der Waals surface area contributed by atoms with E-state index >= 15 is 0 Å². The number of nitrogens with zero attached hydrogens (tertiary/aromatic N) is 1. The van der Waals surface area contributed by atoms with Gasteiger partial charge in [-0.05, 0) is 6.42 Å². The summed E-state index contributed by atoms with van der Waals surface area (Å²) in [6, 6.07) is 1.66. The standard InChI is InChI=1S/C8H12N2O2/c1-2-7(3-9)10-8(11)6-4-12-5-6/h6-7H,2,4-5H2,1H3,(H,10,11). The Morgan fingerprint density at radius 3 is 2.83 bits per heavy atom. The first kappa shape index (κ1) is 9.01. The largest absolute Gasteiger partial charge is 0.380 e. The van der Waals surface area contributed by atoms with Gasteiger partial charge in [-0.15, -0.1) is 0 Å². The van der Waals surface area contributed by atoms with E-state index < -0.39 is 0 Å². The van der Waals surface area contributed by atoms with Gasteiger partial charge in [0.05, 0.1) is 25.2 Å². The van der Waals surface area contributed by atoms with Gasteiger partial charge in [-0.25, -0.2) is 0 Å². The smallest absolute Gasteiger partial charge is 0.228 e. The van der Waals surface area contributed by atoms with Crippen LogP contribution in [0, 0.1) is 17.2 Å². The number of amides is 1. The second kappa shape index (κ2) is 4.07. The van der Waals surface area contributed by atoms with E-state index in [0.717, 1.165) is 0 Å². The molecule has 0 bridgehead atoms. The van der Waals surface area contributed by atoms with Crippen molar-refractivity contribution in [3.8, 4) is 6.07 Å². The normalized spacial score (nSPS) is 19.0. The number of ether oxygens (including phenoxy) is 1. The lowest BCUT2D eigenvalue weighted by Crippen LogP contribution is -2.45. The van der Waals surface area contributed by atoms with Crippen LogP contribution in [0.2, 0.25) is 0 Å². The Bertz CT molecular complexity index is 206. The molecule has 12 heavy (non-hydrogen) atoms. The van der Waals surface area contributed by atoms with Crippen molar-refractivity contribution in [1.82, 2.24) is 5.32 Å². The molecule has 0 aromatic carbocycles. The molecule has 4 nitrogen and oxygen atoms in total. The van der Waals surface area contributed by atoms with Crippen molar-refractivity contribution in [1.29, 1.82) is 5.26 Å². The molecule has 0 radical (unpaired) electrons. The first-order valence-corrected chi connectivity index (χ1v) is 4.05. The minimum absolute atomic E-state index is 0.0348. The molecule has 1 fully saturated rings. The number of nitriles is 1. The third-order valence-electron chi connectivity index (χ3n) is 1.89. The molecule has 1 amide bonds. The van der Waals surface area contributed by atoms with Crippen LogP contribution in [0.25, 0.3) is 0 Å². The van der Waals surface area contributed by atoms with Crippen LogP contribution in [0.4, 0.5) is 0 Å². The zero-order chi connectivity index (χ0) is 8.97. The molecule has 0 saturated carbocycles. The number of carbonyl (C=O) groups is 1. The summed E-state index contributed by atoms with van der Waals surface area (Å²) < 4.78 is 4.86. The molecule has 1 aliphatic rings. The highest BCUT2D eigenvalue weighted by Gasteiger charge is 2.27. The van der Waals surface area contributed by atoms with Crippen LogP contribution in [0.5, 0.6) is 0 Å². The molecule has 1 N–H and O–H groups in total. The maximum absolute atomic E-state index is 11.2. The molecule has 0 aromatic rings. The van der Waals surface area contributed by atoms with Gasteiger partial charge < -0.3 is 10.1 Å². The second-order valence-corrected chi connectivity index (χ2v) is 2.83. The molecule has 1 atom stereocenters. The Morgan fingerprint density at radius 1 is 1.83 bits per heavy atom. The average molecular weight is 168 g/mol. The second-order valence-electron chi connectivity index (χ2n) is 2.83. The quantitative estimate of drug-likeness (QED) is 0.647. The van der Waals surface area contributed by atoms with Crippen molar-refractivity contribution in [2.75, 3.05) is 13.2 Å². The Balaban J connectivity index is 2.29. The van der Waals surface area contributed by atoms with Gasteiger partial charge in [-0.3, -0.25) is 4.79 Å². The van der Waals surface area contributed by atoms with E-state index in [0.29, 0.717) is 19.6 Å². The molecule has 1 aliphatic heterocycles. The molecule has 66 valence electrons. The number of rotatable bonds is 3. The number of nitrogens with one attached hydrogen (secondary N) is 1. The summed E-state index contributed by atoms with van der Waals surface area (Å²) in [4.78, 5) is 11.2. The van der Waals surface area contributed by atoms with Gasteiger partial charge >= 0.3 is 0 Å². The van der Waals surface area contributed by atoms with Crippen molar-refractivity contribution in [2.24, 2.45) is 5.92 Å². The Kier molecular flexibility index (Phi) is 3.06. The van der Waals surface area contributed by atoms with Crippen LogP contribution in [0.15, 0.2) is 0 Å². The summed E-state index contributed by atoms with van der Waals surface area (Å²) >= 11 is 0. The fourth-order valence-corrected chi connectivity index (χ4v) is 0.902. The van der Waals surface area contributed by atoms with E-state index in [2.05, 4.69) is 5.32 Å². The molecule has 0 aliphatic carbocycles. The maximum atomic E-state index is 11.2. The molecular formula is C8H12N2O2. The SMILES string of the molecule is CCC(C#N)NC(=O)C1COC1. The van der Waals surface area contributed by atoms with Crippen LogP contribution in [-0.4, -0.2) is 25.2 Å². The van der Waals surface area contributed by atoms with E-state index in [-0.39, 0.29) is 17.9 Å². The van der Waals surface area contributed by atoms with Crippen LogP contribution in [0.1, 0.15) is 13.3 Å².